The highest BCUT2D eigenvalue weighted by Crippen LogP contribution is 2.40. The van der Waals surface area contributed by atoms with Gasteiger partial charge >= 0.3 is 0 Å². The Labute approximate surface area is 156 Å². The fourth-order valence-corrected chi connectivity index (χ4v) is 4.22. The number of halogens is 1. The van der Waals surface area contributed by atoms with Crippen molar-refractivity contribution < 1.29 is 14.3 Å². The normalized spacial score (nSPS) is 25.3. The van der Waals surface area contributed by atoms with Crippen molar-refractivity contribution in [3.8, 4) is 11.5 Å². The number of benzene rings is 1. The number of methoxy groups -OCH3 is 2. The molecular formula is C19H29ClN2O3. The van der Waals surface area contributed by atoms with Gasteiger partial charge < -0.3 is 20.1 Å². The van der Waals surface area contributed by atoms with Crippen LogP contribution in [0.2, 0.25) is 0 Å². The lowest BCUT2D eigenvalue weighted by molar-refractivity contribution is -0.135. The summed E-state index contributed by atoms with van der Waals surface area (Å²) in [7, 11) is 3.22. The zero-order valence-corrected chi connectivity index (χ0v) is 16.3. The van der Waals surface area contributed by atoms with Crippen LogP contribution in [-0.2, 0) is 10.2 Å². The highest BCUT2D eigenvalue weighted by Gasteiger charge is 2.45. The fraction of sp³-hybridized carbons (Fsp3) is 0.632. The number of hydrogen-bond acceptors (Lipinski definition) is 4. The number of carbonyl (C=O) groups is 1. The maximum Gasteiger partial charge on any atom is 0.232 e. The van der Waals surface area contributed by atoms with Gasteiger partial charge in [0.15, 0.2) is 11.5 Å². The van der Waals surface area contributed by atoms with E-state index in [1.807, 2.05) is 36.9 Å². The van der Waals surface area contributed by atoms with Crippen LogP contribution in [0.15, 0.2) is 18.2 Å². The second-order valence-electron chi connectivity index (χ2n) is 7.57. The maximum absolute atomic E-state index is 13.2. The van der Waals surface area contributed by atoms with E-state index < -0.39 is 5.41 Å². The number of amides is 1. The largest absolute Gasteiger partial charge is 0.493 e. The van der Waals surface area contributed by atoms with Gasteiger partial charge in [-0.25, -0.2) is 0 Å². The maximum atomic E-state index is 13.2. The van der Waals surface area contributed by atoms with E-state index in [9.17, 15) is 4.79 Å². The van der Waals surface area contributed by atoms with Crippen LogP contribution in [-0.4, -0.2) is 44.2 Å². The van der Waals surface area contributed by atoms with E-state index in [2.05, 4.69) is 0 Å². The van der Waals surface area contributed by atoms with Crippen LogP contribution < -0.4 is 15.2 Å². The monoisotopic (exact) mass is 368 g/mol. The van der Waals surface area contributed by atoms with Gasteiger partial charge in [0.25, 0.3) is 0 Å². The van der Waals surface area contributed by atoms with Crippen molar-refractivity contribution in [2.24, 2.45) is 17.6 Å². The Balaban J connectivity index is 0.00000225. The standard InChI is InChI=1S/C19H28N2O3.ClH/c1-19(2,13-6-8-16(23-3)17(9-13)24-4)18(22)21-10-12-5-7-15(20)14(12)11-21;/h6,8-9,12,14-15H,5,7,10-11,20H2,1-4H3;1H. The highest BCUT2D eigenvalue weighted by molar-refractivity contribution is 5.88. The zero-order chi connectivity index (χ0) is 17.5. The first-order chi connectivity index (χ1) is 11.4. The molecule has 1 aromatic carbocycles. The van der Waals surface area contributed by atoms with Crippen LogP contribution in [0, 0.1) is 11.8 Å². The molecule has 5 nitrogen and oxygen atoms in total. The average Bonchev–Trinajstić information content (AvgIpc) is 3.15. The molecule has 2 aliphatic rings. The minimum absolute atomic E-state index is 0. The van der Waals surface area contributed by atoms with Gasteiger partial charge in [0.05, 0.1) is 19.6 Å². The lowest BCUT2D eigenvalue weighted by Gasteiger charge is -2.31. The molecule has 3 rings (SSSR count). The van der Waals surface area contributed by atoms with Crippen LogP contribution in [0.5, 0.6) is 11.5 Å². The molecule has 1 saturated carbocycles. The second kappa shape index (κ2) is 7.42. The van der Waals surface area contributed by atoms with E-state index in [4.69, 9.17) is 15.2 Å². The number of ether oxygens (including phenoxy) is 2. The smallest absolute Gasteiger partial charge is 0.232 e. The van der Waals surface area contributed by atoms with Crippen molar-refractivity contribution in [3.63, 3.8) is 0 Å². The summed E-state index contributed by atoms with van der Waals surface area (Å²) in [6.07, 6.45) is 2.24. The number of nitrogens with zero attached hydrogens (tertiary/aromatic N) is 1. The van der Waals surface area contributed by atoms with Crippen molar-refractivity contribution >= 4 is 18.3 Å². The summed E-state index contributed by atoms with van der Waals surface area (Å²) in [5, 5.41) is 0. The number of hydrogen-bond donors (Lipinski definition) is 1. The van der Waals surface area contributed by atoms with Crippen molar-refractivity contribution in [2.45, 2.75) is 38.1 Å². The molecule has 6 heteroatoms. The molecule has 140 valence electrons. The lowest BCUT2D eigenvalue weighted by atomic mass is 9.83. The van der Waals surface area contributed by atoms with Gasteiger partial charge in [0, 0.05) is 19.1 Å². The molecule has 1 aromatic rings. The molecule has 1 aliphatic carbocycles. The molecule has 0 radical (unpaired) electrons. The van der Waals surface area contributed by atoms with Gasteiger partial charge in [-0.2, -0.15) is 0 Å². The molecule has 1 amide bonds. The molecule has 25 heavy (non-hydrogen) atoms. The van der Waals surface area contributed by atoms with Crippen LogP contribution >= 0.6 is 12.4 Å². The van der Waals surface area contributed by atoms with Gasteiger partial charge in [0.2, 0.25) is 5.91 Å². The Bertz CT molecular complexity index is 635. The summed E-state index contributed by atoms with van der Waals surface area (Å²) < 4.78 is 10.7. The van der Waals surface area contributed by atoms with Gasteiger partial charge in [-0.3, -0.25) is 4.79 Å². The van der Waals surface area contributed by atoms with Gasteiger partial charge in [0.1, 0.15) is 0 Å². The average molecular weight is 369 g/mol. The first-order valence-corrected chi connectivity index (χ1v) is 8.66. The summed E-state index contributed by atoms with van der Waals surface area (Å²) in [6.45, 7) is 5.59. The molecule has 1 aliphatic heterocycles. The Kier molecular flexibility index (Phi) is 5.89. The molecule has 1 saturated heterocycles. The van der Waals surface area contributed by atoms with Crippen LogP contribution in [0.1, 0.15) is 32.3 Å². The van der Waals surface area contributed by atoms with Crippen LogP contribution in [0.3, 0.4) is 0 Å². The van der Waals surface area contributed by atoms with Crippen molar-refractivity contribution in [1.82, 2.24) is 4.90 Å². The third kappa shape index (κ3) is 3.44. The lowest BCUT2D eigenvalue weighted by Crippen LogP contribution is -2.43. The number of fused-ring (bicyclic) bond motifs is 1. The summed E-state index contributed by atoms with van der Waals surface area (Å²) in [5.74, 6) is 2.53. The molecule has 2 fully saturated rings. The first kappa shape index (κ1) is 19.9. The highest BCUT2D eigenvalue weighted by atomic mass is 35.5. The van der Waals surface area contributed by atoms with E-state index in [1.54, 1.807) is 14.2 Å². The molecule has 0 spiro atoms. The molecular weight excluding hydrogens is 340 g/mol. The fourth-order valence-electron chi connectivity index (χ4n) is 4.22. The quantitative estimate of drug-likeness (QED) is 0.887. The third-order valence-corrected chi connectivity index (χ3v) is 5.84. The van der Waals surface area contributed by atoms with Gasteiger partial charge in [-0.1, -0.05) is 6.07 Å². The van der Waals surface area contributed by atoms with Crippen molar-refractivity contribution in [2.75, 3.05) is 27.3 Å². The molecule has 0 bridgehead atoms. The van der Waals surface area contributed by atoms with E-state index >= 15 is 0 Å². The third-order valence-electron chi connectivity index (χ3n) is 5.84. The van der Waals surface area contributed by atoms with Gasteiger partial charge in [-0.05, 0) is 56.2 Å². The minimum Gasteiger partial charge on any atom is -0.493 e. The summed E-state index contributed by atoms with van der Waals surface area (Å²) in [6, 6.07) is 5.95. The summed E-state index contributed by atoms with van der Waals surface area (Å²) >= 11 is 0. The Hall–Kier alpha value is -1.46. The summed E-state index contributed by atoms with van der Waals surface area (Å²) in [5.41, 5.74) is 6.53. The van der Waals surface area contributed by atoms with Crippen LogP contribution in [0.25, 0.3) is 0 Å². The summed E-state index contributed by atoms with van der Waals surface area (Å²) in [4.78, 5) is 15.2. The van der Waals surface area contributed by atoms with Crippen LogP contribution in [0.4, 0.5) is 0 Å². The van der Waals surface area contributed by atoms with E-state index in [-0.39, 0.29) is 24.4 Å². The second-order valence-corrected chi connectivity index (χ2v) is 7.57. The molecule has 3 unspecified atom stereocenters. The van der Waals surface area contributed by atoms with Gasteiger partial charge in [-0.15, -0.1) is 12.4 Å². The Morgan fingerprint density at radius 2 is 1.84 bits per heavy atom. The van der Waals surface area contributed by atoms with E-state index in [0.29, 0.717) is 23.3 Å². The molecule has 3 atom stereocenters. The number of likely N-dealkylation sites (tertiary alicyclic amines) is 1. The predicted molar refractivity (Wildman–Crippen MR) is 101 cm³/mol. The molecule has 1 heterocycles. The van der Waals surface area contributed by atoms with Crippen molar-refractivity contribution in [1.29, 1.82) is 0 Å². The van der Waals surface area contributed by atoms with E-state index in [0.717, 1.165) is 31.5 Å². The van der Waals surface area contributed by atoms with Crippen molar-refractivity contribution in [3.05, 3.63) is 23.8 Å². The Morgan fingerprint density at radius 1 is 1.16 bits per heavy atom. The number of carbonyl (C=O) groups excluding carboxylic acids is 1. The molecule has 0 aromatic heterocycles. The Morgan fingerprint density at radius 3 is 2.44 bits per heavy atom. The number of nitrogens with two attached hydrogens (primary N) is 1. The minimum atomic E-state index is -0.609. The van der Waals surface area contributed by atoms with E-state index in [1.165, 1.54) is 0 Å². The number of rotatable bonds is 4. The molecule has 2 N–H and O–H groups in total. The topological polar surface area (TPSA) is 64.8 Å². The zero-order valence-electron chi connectivity index (χ0n) is 15.5. The SMILES string of the molecule is COc1ccc(C(C)(C)C(=O)N2CC3CCC(N)C3C2)cc1OC.Cl. The predicted octanol–water partition coefficient (Wildman–Crippen LogP) is 2.60. The first-order valence-electron chi connectivity index (χ1n) is 8.66.